The first-order chi connectivity index (χ1) is 22.3. The summed E-state index contributed by atoms with van der Waals surface area (Å²) >= 11 is 0. The molecule has 0 bridgehead atoms. The lowest BCUT2D eigenvalue weighted by atomic mass is 10.0. The molecule has 10 rings (SSSR count). The SMILES string of the molecule is c1ccc2c(c1)c1ccccc1n2-c1cncc(-c2ccc3oc4ccc(-n5c6ccccc6c6ccncc65)cc4c3c2)c1. The average molecular weight is 577 g/mol. The van der Waals surface area contributed by atoms with E-state index in [1.807, 2.05) is 24.8 Å². The van der Waals surface area contributed by atoms with E-state index in [0.717, 1.165) is 55.5 Å². The van der Waals surface area contributed by atoms with Crippen LogP contribution in [-0.4, -0.2) is 19.1 Å². The Bertz CT molecular complexity index is 2670. The summed E-state index contributed by atoms with van der Waals surface area (Å²) in [5.41, 5.74) is 10.5. The van der Waals surface area contributed by atoms with Crippen LogP contribution in [0.15, 0.2) is 151 Å². The Labute approximate surface area is 257 Å². The van der Waals surface area contributed by atoms with Crippen molar-refractivity contribution in [3.63, 3.8) is 0 Å². The highest BCUT2D eigenvalue weighted by Gasteiger charge is 2.16. The van der Waals surface area contributed by atoms with Gasteiger partial charge in [-0.15, -0.1) is 0 Å². The number of furan rings is 1. The fraction of sp³-hybridized carbons (Fsp3) is 0. The van der Waals surface area contributed by atoms with E-state index in [1.165, 1.54) is 32.6 Å². The van der Waals surface area contributed by atoms with Gasteiger partial charge in [-0.3, -0.25) is 9.97 Å². The smallest absolute Gasteiger partial charge is 0.135 e. The molecular weight excluding hydrogens is 552 g/mol. The third-order valence-electron chi connectivity index (χ3n) is 9.08. The molecule has 0 saturated carbocycles. The summed E-state index contributed by atoms with van der Waals surface area (Å²) in [6.07, 6.45) is 7.69. The molecule has 10 aromatic rings. The van der Waals surface area contributed by atoms with Gasteiger partial charge in [0, 0.05) is 56.0 Å². The van der Waals surface area contributed by atoms with E-state index in [4.69, 9.17) is 9.40 Å². The molecule has 0 saturated heterocycles. The molecule has 0 radical (unpaired) electrons. The van der Waals surface area contributed by atoms with Gasteiger partial charge in [-0.05, 0) is 66.2 Å². The summed E-state index contributed by atoms with van der Waals surface area (Å²) in [5.74, 6) is 0. The third-order valence-corrected chi connectivity index (χ3v) is 9.08. The van der Waals surface area contributed by atoms with Gasteiger partial charge in [0.2, 0.25) is 0 Å². The van der Waals surface area contributed by atoms with Crippen molar-refractivity contribution >= 4 is 65.6 Å². The predicted octanol–water partition coefficient (Wildman–Crippen LogP) is 10.2. The number of nitrogens with zero attached hydrogens (tertiary/aromatic N) is 4. The van der Waals surface area contributed by atoms with E-state index in [-0.39, 0.29) is 0 Å². The largest absolute Gasteiger partial charge is 0.456 e. The highest BCUT2D eigenvalue weighted by Crippen LogP contribution is 2.37. The molecule has 0 aliphatic heterocycles. The van der Waals surface area contributed by atoms with Gasteiger partial charge in [-0.25, -0.2) is 0 Å². The number of hydrogen-bond donors (Lipinski definition) is 0. The Kier molecular flexibility index (Phi) is 4.93. The van der Waals surface area contributed by atoms with Gasteiger partial charge in [-0.1, -0.05) is 60.7 Å². The lowest BCUT2D eigenvalue weighted by Crippen LogP contribution is -1.95. The molecule has 45 heavy (non-hydrogen) atoms. The Morgan fingerprint density at radius 3 is 1.71 bits per heavy atom. The van der Waals surface area contributed by atoms with Gasteiger partial charge in [-0.2, -0.15) is 0 Å². The first kappa shape index (κ1) is 24.3. The van der Waals surface area contributed by atoms with Crippen molar-refractivity contribution in [2.45, 2.75) is 0 Å². The zero-order valence-electron chi connectivity index (χ0n) is 24.1. The number of rotatable bonds is 3. The molecule has 0 N–H and O–H groups in total. The minimum atomic E-state index is 0.862. The first-order valence-electron chi connectivity index (χ1n) is 15.1. The van der Waals surface area contributed by atoms with Crippen molar-refractivity contribution < 1.29 is 4.42 Å². The maximum atomic E-state index is 6.33. The lowest BCUT2D eigenvalue weighted by molar-refractivity contribution is 0.669. The molecular formula is C40H24N4O. The summed E-state index contributed by atoms with van der Waals surface area (Å²) < 4.78 is 10.9. The highest BCUT2D eigenvalue weighted by molar-refractivity contribution is 6.11. The molecule has 5 heterocycles. The first-order valence-corrected chi connectivity index (χ1v) is 15.1. The molecule has 0 fully saturated rings. The Hall–Kier alpha value is -6.20. The van der Waals surface area contributed by atoms with E-state index < -0.39 is 0 Å². The van der Waals surface area contributed by atoms with Crippen LogP contribution in [0.4, 0.5) is 0 Å². The minimum Gasteiger partial charge on any atom is -0.456 e. The highest BCUT2D eigenvalue weighted by atomic mass is 16.3. The second-order valence-corrected chi connectivity index (χ2v) is 11.5. The van der Waals surface area contributed by atoms with Gasteiger partial charge in [0.15, 0.2) is 0 Å². The molecule has 210 valence electrons. The Morgan fingerprint density at radius 2 is 1.00 bits per heavy atom. The second kappa shape index (κ2) is 9.15. The standard InChI is InChI=1S/C40H24N4O/c1-5-11-36-29(7-1)30-8-2-6-12-37(30)44(36)28-19-26(22-42-23-28)25-13-15-39-33(20-25)34-21-27(14-16-40(34)45-39)43-35-10-4-3-9-31(35)32-17-18-41-24-38(32)43/h1-24H. The zero-order chi connectivity index (χ0) is 29.5. The van der Waals surface area contributed by atoms with Crippen LogP contribution >= 0.6 is 0 Å². The van der Waals surface area contributed by atoms with Gasteiger partial charge in [0.25, 0.3) is 0 Å². The number of hydrogen-bond acceptors (Lipinski definition) is 3. The zero-order valence-corrected chi connectivity index (χ0v) is 24.1. The van der Waals surface area contributed by atoms with E-state index in [9.17, 15) is 0 Å². The predicted molar refractivity (Wildman–Crippen MR) is 183 cm³/mol. The van der Waals surface area contributed by atoms with Gasteiger partial charge >= 0.3 is 0 Å². The number of pyridine rings is 2. The molecule has 5 aromatic heterocycles. The number of para-hydroxylation sites is 3. The van der Waals surface area contributed by atoms with Crippen LogP contribution in [0.25, 0.3) is 88.1 Å². The van der Waals surface area contributed by atoms with Crippen LogP contribution in [0, 0.1) is 0 Å². The van der Waals surface area contributed by atoms with Crippen LogP contribution in [0.2, 0.25) is 0 Å². The van der Waals surface area contributed by atoms with Crippen molar-refractivity contribution in [3.05, 3.63) is 146 Å². The van der Waals surface area contributed by atoms with E-state index in [1.54, 1.807) is 0 Å². The third kappa shape index (κ3) is 3.49. The molecule has 0 spiro atoms. The fourth-order valence-electron chi connectivity index (χ4n) is 7.09. The maximum absolute atomic E-state index is 6.33. The van der Waals surface area contributed by atoms with Crippen LogP contribution < -0.4 is 0 Å². The van der Waals surface area contributed by atoms with Crippen LogP contribution in [0.1, 0.15) is 0 Å². The lowest BCUT2D eigenvalue weighted by Gasteiger charge is -2.10. The topological polar surface area (TPSA) is 48.8 Å². The quantitative estimate of drug-likeness (QED) is 0.210. The van der Waals surface area contributed by atoms with Crippen LogP contribution in [0.3, 0.4) is 0 Å². The summed E-state index contributed by atoms with van der Waals surface area (Å²) in [7, 11) is 0. The molecule has 5 aromatic carbocycles. The summed E-state index contributed by atoms with van der Waals surface area (Å²) in [6, 6.07) is 42.8. The van der Waals surface area contributed by atoms with Gasteiger partial charge < -0.3 is 13.6 Å². The van der Waals surface area contributed by atoms with Crippen LogP contribution in [-0.2, 0) is 0 Å². The molecule has 0 aliphatic carbocycles. The van der Waals surface area contributed by atoms with Crippen molar-refractivity contribution in [2.24, 2.45) is 0 Å². The normalized spacial score (nSPS) is 12.0. The van der Waals surface area contributed by atoms with Crippen molar-refractivity contribution in [3.8, 4) is 22.5 Å². The Balaban J connectivity index is 1.15. The summed E-state index contributed by atoms with van der Waals surface area (Å²) in [6.45, 7) is 0. The Morgan fingerprint density at radius 1 is 0.400 bits per heavy atom. The molecule has 0 atom stereocenters. The molecule has 0 unspecified atom stereocenters. The monoisotopic (exact) mass is 576 g/mol. The van der Waals surface area contributed by atoms with Gasteiger partial charge in [0.05, 0.1) is 40.1 Å². The van der Waals surface area contributed by atoms with Crippen LogP contribution in [0.5, 0.6) is 0 Å². The van der Waals surface area contributed by atoms with E-state index in [0.29, 0.717) is 0 Å². The van der Waals surface area contributed by atoms with E-state index >= 15 is 0 Å². The van der Waals surface area contributed by atoms with Crippen molar-refractivity contribution in [1.29, 1.82) is 0 Å². The number of aromatic nitrogens is 4. The maximum Gasteiger partial charge on any atom is 0.135 e. The fourth-order valence-corrected chi connectivity index (χ4v) is 7.09. The number of benzene rings is 5. The summed E-state index contributed by atoms with van der Waals surface area (Å²) in [4.78, 5) is 9.17. The van der Waals surface area contributed by atoms with Gasteiger partial charge in [0.1, 0.15) is 11.2 Å². The molecule has 5 heteroatoms. The second-order valence-electron chi connectivity index (χ2n) is 11.5. The number of fused-ring (bicyclic) bond motifs is 9. The minimum absolute atomic E-state index is 0.862. The summed E-state index contributed by atoms with van der Waals surface area (Å²) in [5, 5.41) is 7.02. The molecule has 0 amide bonds. The van der Waals surface area contributed by atoms with Crippen molar-refractivity contribution in [1.82, 2.24) is 19.1 Å². The average Bonchev–Trinajstić information content (AvgIpc) is 3.75. The van der Waals surface area contributed by atoms with Crippen molar-refractivity contribution in [2.75, 3.05) is 0 Å². The molecule has 0 aliphatic rings. The molecule has 5 nitrogen and oxygen atoms in total. The van der Waals surface area contributed by atoms with E-state index in [2.05, 4.69) is 135 Å².